The summed E-state index contributed by atoms with van der Waals surface area (Å²) in [5.41, 5.74) is 0. The van der Waals surface area contributed by atoms with E-state index in [-0.39, 0.29) is 5.92 Å². The third kappa shape index (κ3) is 3.65. The molecule has 1 fully saturated rings. The summed E-state index contributed by atoms with van der Waals surface area (Å²) in [6.45, 7) is 8.60. The Balaban J connectivity index is 2.13. The van der Waals surface area contributed by atoms with Crippen LogP contribution in [-0.2, 0) is 0 Å². The fraction of sp³-hybridized carbons (Fsp3) is 0.909. The van der Waals surface area contributed by atoms with E-state index < -0.39 is 0 Å². The minimum absolute atomic E-state index is 0.138. The molecule has 3 nitrogen and oxygen atoms in total. The van der Waals surface area contributed by atoms with Gasteiger partial charge in [-0.3, -0.25) is 0 Å². The maximum atomic E-state index is 8.65. The molecule has 1 unspecified atom stereocenters. The number of hydrogen-bond donors (Lipinski definition) is 1. The maximum absolute atomic E-state index is 8.65. The molecule has 1 rings (SSSR count). The summed E-state index contributed by atoms with van der Waals surface area (Å²) in [4.78, 5) is 2.48. The topological polar surface area (TPSA) is 39.1 Å². The summed E-state index contributed by atoms with van der Waals surface area (Å²) in [6, 6.07) is 2.88. The minimum atomic E-state index is 0.138. The Kier molecular flexibility index (Phi) is 4.92. The van der Waals surface area contributed by atoms with Crippen LogP contribution in [0.4, 0.5) is 0 Å². The first-order valence-corrected chi connectivity index (χ1v) is 5.61. The monoisotopic (exact) mass is 195 g/mol. The van der Waals surface area contributed by atoms with Gasteiger partial charge in [-0.15, -0.1) is 0 Å². The predicted molar refractivity (Wildman–Crippen MR) is 57.9 cm³/mol. The normalized spacial score (nSPS) is 21.8. The van der Waals surface area contributed by atoms with Gasteiger partial charge in [-0.25, -0.2) is 0 Å². The number of nitrogens with zero attached hydrogens (tertiary/aromatic N) is 2. The maximum Gasteiger partial charge on any atom is 0.0666 e. The average molecular weight is 195 g/mol. The van der Waals surface area contributed by atoms with Gasteiger partial charge in [-0.1, -0.05) is 6.92 Å². The van der Waals surface area contributed by atoms with Gasteiger partial charge in [-0.2, -0.15) is 5.26 Å². The van der Waals surface area contributed by atoms with E-state index in [0.29, 0.717) is 6.04 Å². The molecule has 0 aromatic heterocycles. The Morgan fingerprint density at radius 1 is 1.50 bits per heavy atom. The van der Waals surface area contributed by atoms with E-state index in [2.05, 4.69) is 23.2 Å². The quantitative estimate of drug-likeness (QED) is 0.733. The van der Waals surface area contributed by atoms with Crippen LogP contribution in [0.1, 0.15) is 26.7 Å². The predicted octanol–water partition coefficient (Wildman–Crippen LogP) is 1.22. The molecule has 0 aliphatic carbocycles. The lowest BCUT2D eigenvalue weighted by Crippen LogP contribution is -2.43. The fourth-order valence-electron chi connectivity index (χ4n) is 1.84. The van der Waals surface area contributed by atoms with Crippen molar-refractivity contribution in [2.75, 3.05) is 26.2 Å². The molecule has 0 amide bonds. The van der Waals surface area contributed by atoms with Crippen molar-refractivity contribution in [3.05, 3.63) is 0 Å². The van der Waals surface area contributed by atoms with Crippen LogP contribution in [-0.4, -0.2) is 37.1 Å². The lowest BCUT2D eigenvalue weighted by atomic mass is 10.0. The SMILES string of the molecule is CCN1CCC(NCC(C)C#N)CC1. The van der Waals surface area contributed by atoms with Crippen LogP contribution in [0.25, 0.3) is 0 Å². The Morgan fingerprint density at radius 2 is 2.14 bits per heavy atom. The van der Waals surface area contributed by atoms with E-state index in [1.54, 1.807) is 0 Å². The molecule has 0 radical (unpaired) electrons. The second-order valence-electron chi connectivity index (χ2n) is 4.15. The third-order valence-electron chi connectivity index (χ3n) is 2.97. The highest BCUT2D eigenvalue weighted by molar-refractivity contribution is 4.83. The second-order valence-corrected chi connectivity index (χ2v) is 4.15. The fourth-order valence-corrected chi connectivity index (χ4v) is 1.84. The van der Waals surface area contributed by atoms with Crippen LogP contribution in [0.5, 0.6) is 0 Å². The number of nitriles is 1. The first-order valence-electron chi connectivity index (χ1n) is 5.61. The van der Waals surface area contributed by atoms with Gasteiger partial charge >= 0.3 is 0 Å². The van der Waals surface area contributed by atoms with E-state index in [1.807, 2.05) is 6.92 Å². The van der Waals surface area contributed by atoms with Gasteiger partial charge < -0.3 is 10.2 Å². The highest BCUT2D eigenvalue weighted by Gasteiger charge is 2.17. The summed E-state index contributed by atoms with van der Waals surface area (Å²) >= 11 is 0. The van der Waals surface area contributed by atoms with Crippen molar-refractivity contribution in [2.24, 2.45) is 5.92 Å². The van der Waals surface area contributed by atoms with Crippen LogP contribution < -0.4 is 5.32 Å². The van der Waals surface area contributed by atoms with Crippen LogP contribution in [0.2, 0.25) is 0 Å². The Bertz CT molecular complexity index is 189. The standard InChI is InChI=1S/C11H21N3/c1-3-14-6-4-11(5-7-14)13-9-10(2)8-12/h10-11,13H,3-7,9H2,1-2H3. The molecule has 1 heterocycles. The zero-order chi connectivity index (χ0) is 10.4. The van der Waals surface area contributed by atoms with Crippen LogP contribution in [0.15, 0.2) is 0 Å². The molecular formula is C11H21N3. The molecule has 1 aliphatic rings. The van der Waals surface area contributed by atoms with Crippen molar-refractivity contribution < 1.29 is 0 Å². The highest BCUT2D eigenvalue weighted by Crippen LogP contribution is 2.09. The van der Waals surface area contributed by atoms with Gasteiger partial charge in [0.1, 0.15) is 0 Å². The molecule has 14 heavy (non-hydrogen) atoms. The molecule has 1 atom stereocenters. The number of piperidine rings is 1. The molecule has 0 aromatic carbocycles. The molecule has 1 N–H and O–H groups in total. The molecule has 1 aliphatic heterocycles. The largest absolute Gasteiger partial charge is 0.313 e. The molecule has 0 saturated carbocycles. The van der Waals surface area contributed by atoms with Crippen molar-refractivity contribution in [1.82, 2.24) is 10.2 Å². The molecule has 0 spiro atoms. The van der Waals surface area contributed by atoms with E-state index in [4.69, 9.17) is 5.26 Å². The van der Waals surface area contributed by atoms with E-state index >= 15 is 0 Å². The van der Waals surface area contributed by atoms with Gasteiger partial charge in [0, 0.05) is 12.6 Å². The molecule has 80 valence electrons. The molecule has 3 heteroatoms. The van der Waals surface area contributed by atoms with E-state index in [0.717, 1.165) is 6.54 Å². The van der Waals surface area contributed by atoms with Gasteiger partial charge in [0.05, 0.1) is 12.0 Å². The van der Waals surface area contributed by atoms with Gasteiger partial charge in [0.25, 0.3) is 0 Å². The number of hydrogen-bond acceptors (Lipinski definition) is 3. The van der Waals surface area contributed by atoms with Crippen molar-refractivity contribution in [2.45, 2.75) is 32.7 Å². The van der Waals surface area contributed by atoms with Gasteiger partial charge in [0.2, 0.25) is 0 Å². The summed E-state index contributed by atoms with van der Waals surface area (Å²) in [7, 11) is 0. The van der Waals surface area contributed by atoms with Crippen molar-refractivity contribution in [1.29, 1.82) is 5.26 Å². The number of rotatable bonds is 4. The average Bonchev–Trinajstić information content (AvgIpc) is 2.26. The summed E-state index contributed by atoms with van der Waals surface area (Å²) in [5.74, 6) is 0.138. The minimum Gasteiger partial charge on any atom is -0.313 e. The summed E-state index contributed by atoms with van der Waals surface area (Å²) in [5, 5.41) is 12.1. The Hall–Kier alpha value is -0.590. The third-order valence-corrected chi connectivity index (χ3v) is 2.97. The summed E-state index contributed by atoms with van der Waals surface area (Å²) in [6.07, 6.45) is 2.46. The van der Waals surface area contributed by atoms with Crippen LogP contribution >= 0.6 is 0 Å². The smallest absolute Gasteiger partial charge is 0.0666 e. The van der Waals surface area contributed by atoms with E-state index in [9.17, 15) is 0 Å². The molecule has 1 saturated heterocycles. The van der Waals surface area contributed by atoms with Crippen molar-refractivity contribution in [3.8, 4) is 6.07 Å². The lowest BCUT2D eigenvalue weighted by molar-refractivity contribution is 0.205. The Labute approximate surface area is 87.1 Å². The molecule has 0 bridgehead atoms. The van der Waals surface area contributed by atoms with Crippen LogP contribution in [0.3, 0.4) is 0 Å². The summed E-state index contributed by atoms with van der Waals surface area (Å²) < 4.78 is 0. The zero-order valence-electron chi connectivity index (χ0n) is 9.29. The van der Waals surface area contributed by atoms with Crippen molar-refractivity contribution >= 4 is 0 Å². The Morgan fingerprint density at radius 3 is 2.64 bits per heavy atom. The highest BCUT2D eigenvalue weighted by atomic mass is 15.1. The van der Waals surface area contributed by atoms with Crippen LogP contribution in [0, 0.1) is 17.2 Å². The molecule has 0 aromatic rings. The van der Waals surface area contributed by atoms with E-state index in [1.165, 1.54) is 32.5 Å². The van der Waals surface area contributed by atoms with Gasteiger partial charge in [-0.05, 0) is 39.4 Å². The molecular weight excluding hydrogens is 174 g/mol. The lowest BCUT2D eigenvalue weighted by Gasteiger charge is -2.31. The number of likely N-dealkylation sites (tertiary alicyclic amines) is 1. The zero-order valence-corrected chi connectivity index (χ0v) is 9.29. The first kappa shape index (κ1) is 11.5. The second kappa shape index (κ2) is 6.00. The number of nitrogens with one attached hydrogen (secondary N) is 1. The van der Waals surface area contributed by atoms with Crippen molar-refractivity contribution in [3.63, 3.8) is 0 Å². The first-order chi connectivity index (χ1) is 6.76. The van der Waals surface area contributed by atoms with Gasteiger partial charge in [0.15, 0.2) is 0 Å².